The van der Waals surface area contributed by atoms with Crippen LogP contribution >= 0.6 is 0 Å². The Labute approximate surface area is 406 Å². The average molecular weight is 903 g/mol. The third kappa shape index (κ3) is 5.38. The molecule has 0 unspecified atom stereocenters. The summed E-state index contributed by atoms with van der Waals surface area (Å²) in [6.07, 6.45) is 0. The monoisotopic (exact) mass is 902 g/mol. The summed E-state index contributed by atoms with van der Waals surface area (Å²) in [6, 6.07) is 83.2. The zero-order valence-corrected chi connectivity index (χ0v) is 38.2. The molecule has 0 saturated carbocycles. The van der Waals surface area contributed by atoms with Gasteiger partial charge in [0.15, 0.2) is 0 Å². The highest BCUT2D eigenvalue weighted by molar-refractivity contribution is 6.37. The molecule has 0 N–H and O–H groups in total. The van der Waals surface area contributed by atoms with Gasteiger partial charge in [-0.3, -0.25) is 0 Å². The van der Waals surface area contributed by atoms with E-state index < -0.39 is 0 Å². The van der Waals surface area contributed by atoms with Gasteiger partial charge in [0.05, 0.1) is 0 Å². The molecule has 0 fully saturated rings. The molecule has 16 rings (SSSR count). The fourth-order valence-corrected chi connectivity index (χ4v) is 12.3. The van der Waals surface area contributed by atoms with Crippen molar-refractivity contribution in [2.75, 3.05) is 0 Å². The number of furan rings is 3. The van der Waals surface area contributed by atoms with E-state index in [4.69, 9.17) is 13.3 Å². The Morgan fingerprint density at radius 3 is 1.03 bits per heavy atom. The van der Waals surface area contributed by atoms with Gasteiger partial charge in [-0.15, -0.1) is 0 Å². The highest BCUT2D eigenvalue weighted by atomic mass is 16.3. The lowest BCUT2D eigenvalue weighted by Crippen LogP contribution is -1.93. The van der Waals surface area contributed by atoms with E-state index in [1.807, 2.05) is 12.1 Å². The molecule has 0 amide bonds. The molecule has 3 nitrogen and oxygen atoms in total. The highest BCUT2D eigenvalue weighted by Gasteiger charge is 2.27. The summed E-state index contributed by atoms with van der Waals surface area (Å²) < 4.78 is 20.7. The van der Waals surface area contributed by atoms with Gasteiger partial charge in [0.1, 0.15) is 33.5 Å². The van der Waals surface area contributed by atoms with Crippen molar-refractivity contribution >= 4 is 120 Å². The van der Waals surface area contributed by atoms with Crippen LogP contribution in [0.25, 0.3) is 164 Å². The van der Waals surface area contributed by atoms with Crippen molar-refractivity contribution in [3.8, 4) is 44.5 Å². The first-order valence-electron chi connectivity index (χ1n) is 24.3. The fourth-order valence-electron chi connectivity index (χ4n) is 12.3. The fraction of sp³-hybridized carbons (Fsp3) is 0. The van der Waals surface area contributed by atoms with E-state index >= 15 is 0 Å². The maximum absolute atomic E-state index is 7.22. The van der Waals surface area contributed by atoms with Crippen LogP contribution in [0.15, 0.2) is 244 Å². The van der Waals surface area contributed by atoms with Crippen molar-refractivity contribution in [1.82, 2.24) is 0 Å². The minimum atomic E-state index is 0.848. The molecular weight excluding hydrogens is 865 g/mol. The molecule has 13 aromatic carbocycles. The van der Waals surface area contributed by atoms with Gasteiger partial charge in [-0.05, 0) is 113 Å². The van der Waals surface area contributed by atoms with Gasteiger partial charge < -0.3 is 13.3 Å². The van der Waals surface area contributed by atoms with Gasteiger partial charge >= 0.3 is 0 Å². The van der Waals surface area contributed by atoms with Gasteiger partial charge in [-0.2, -0.15) is 0 Å². The molecule has 3 heterocycles. The maximum Gasteiger partial charge on any atom is 0.143 e. The summed E-state index contributed by atoms with van der Waals surface area (Å²) in [5.41, 5.74) is 14.4. The van der Waals surface area contributed by atoms with Crippen LogP contribution in [0, 0.1) is 0 Å². The molecule has 0 radical (unpaired) electrons. The number of fused-ring (bicyclic) bond motifs is 16. The molecule has 0 aliphatic carbocycles. The van der Waals surface area contributed by atoms with Gasteiger partial charge in [0.25, 0.3) is 0 Å². The zero-order valence-electron chi connectivity index (χ0n) is 38.2. The molecule has 0 bridgehead atoms. The molecular formula is C68H38O3. The predicted molar refractivity (Wildman–Crippen MR) is 298 cm³/mol. The Balaban J connectivity index is 1.07. The van der Waals surface area contributed by atoms with E-state index in [1.165, 1.54) is 49.0 Å². The van der Waals surface area contributed by atoms with Crippen molar-refractivity contribution in [3.63, 3.8) is 0 Å². The SMILES string of the molecule is c1ccc(-c2c3ccccc3c(-c3cc4cc(-c5c6ccccc6c(-c6ccc7oc8ccccc8c7c6)c6ccccc56)c5oc6ccccc6c5c4c4c3oc3ccccc34)c3ccccc23)cc1. The normalized spacial score (nSPS) is 12.2. The largest absolute Gasteiger partial charge is 0.456 e. The van der Waals surface area contributed by atoms with Crippen molar-refractivity contribution in [1.29, 1.82) is 0 Å². The van der Waals surface area contributed by atoms with E-state index in [0.717, 1.165) is 115 Å². The van der Waals surface area contributed by atoms with Crippen LogP contribution in [0.4, 0.5) is 0 Å². The Bertz CT molecular complexity index is 4820. The first kappa shape index (κ1) is 38.5. The quantitative estimate of drug-likeness (QED) is 0.165. The zero-order chi connectivity index (χ0) is 46.3. The van der Waals surface area contributed by atoms with Crippen LogP contribution in [-0.4, -0.2) is 0 Å². The minimum absolute atomic E-state index is 0.848. The molecule has 0 spiro atoms. The molecule has 0 saturated heterocycles. The number of para-hydroxylation sites is 3. The number of rotatable bonds is 4. The van der Waals surface area contributed by atoms with E-state index in [9.17, 15) is 0 Å². The Morgan fingerprint density at radius 2 is 0.563 bits per heavy atom. The third-order valence-electron chi connectivity index (χ3n) is 15.2. The molecule has 0 aliphatic rings. The van der Waals surface area contributed by atoms with Crippen molar-refractivity contribution in [3.05, 3.63) is 231 Å². The summed E-state index contributed by atoms with van der Waals surface area (Å²) in [5, 5.41) is 18.2. The van der Waals surface area contributed by atoms with Crippen LogP contribution in [0.2, 0.25) is 0 Å². The Morgan fingerprint density at radius 1 is 0.211 bits per heavy atom. The predicted octanol–water partition coefficient (Wildman–Crippen LogP) is 19.8. The second kappa shape index (κ2) is 14.5. The molecule has 71 heavy (non-hydrogen) atoms. The molecule has 0 aliphatic heterocycles. The first-order valence-corrected chi connectivity index (χ1v) is 24.3. The van der Waals surface area contributed by atoms with Crippen LogP contribution in [0.3, 0.4) is 0 Å². The summed E-state index contributed by atoms with van der Waals surface area (Å²) in [7, 11) is 0. The lowest BCUT2D eigenvalue weighted by atomic mass is 9.83. The van der Waals surface area contributed by atoms with Crippen LogP contribution in [0.1, 0.15) is 0 Å². The summed E-state index contributed by atoms with van der Waals surface area (Å²) in [5.74, 6) is 0. The Hall–Kier alpha value is -9.44. The van der Waals surface area contributed by atoms with Crippen LogP contribution in [-0.2, 0) is 0 Å². The average Bonchev–Trinajstić information content (AvgIpc) is 4.14. The van der Waals surface area contributed by atoms with Crippen LogP contribution in [0.5, 0.6) is 0 Å². The van der Waals surface area contributed by atoms with Gasteiger partial charge in [-0.1, -0.05) is 188 Å². The van der Waals surface area contributed by atoms with Crippen molar-refractivity contribution in [2.24, 2.45) is 0 Å². The summed E-state index contributed by atoms with van der Waals surface area (Å²) >= 11 is 0. The molecule has 3 aromatic heterocycles. The van der Waals surface area contributed by atoms with E-state index in [-0.39, 0.29) is 0 Å². The van der Waals surface area contributed by atoms with Gasteiger partial charge in [0.2, 0.25) is 0 Å². The lowest BCUT2D eigenvalue weighted by molar-refractivity contribution is 0.669. The summed E-state index contributed by atoms with van der Waals surface area (Å²) in [4.78, 5) is 0. The molecule has 3 heteroatoms. The number of hydrogen-bond acceptors (Lipinski definition) is 3. The number of benzene rings is 13. The smallest absolute Gasteiger partial charge is 0.143 e. The highest BCUT2D eigenvalue weighted by Crippen LogP contribution is 2.53. The topological polar surface area (TPSA) is 39.4 Å². The summed E-state index contributed by atoms with van der Waals surface area (Å²) in [6.45, 7) is 0. The van der Waals surface area contributed by atoms with Crippen molar-refractivity contribution < 1.29 is 13.3 Å². The Kier molecular flexibility index (Phi) is 7.89. The number of hydrogen-bond donors (Lipinski definition) is 0. The van der Waals surface area contributed by atoms with E-state index in [2.05, 4.69) is 218 Å². The second-order valence-electron chi connectivity index (χ2n) is 18.9. The maximum atomic E-state index is 7.22. The molecule has 328 valence electrons. The van der Waals surface area contributed by atoms with E-state index in [0.29, 0.717) is 0 Å². The lowest BCUT2D eigenvalue weighted by Gasteiger charge is -2.20. The van der Waals surface area contributed by atoms with E-state index in [1.54, 1.807) is 0 Å². The molecule has 0 atom stereocenters. The first-order chi connectivity index (χ1) is 35.2. The van der Waals surface area contributed by atoms with Gasteiger partial charge in [-0.25, -0.2) is 0 Å². The van der Waals surface area contributed by atoms with Crippen LogP contribution < -0.4 is 0 Å². The van der Waals surface area contributed by atoms with Crippen molar-refractivity contribution in [2.45, 2.75) is 0 Å². The molecule has 16 aromatic rings. The minimum Gasteiger partial charge on any atom is -0.456 e. The third-order valence-corrected chi connectivity index (χ3v) is 15.2. The standard InChI is InChI=1S/C68H38O3/c1-2-18-39(19-3-1)60-43-21-4-8-25-47(43)63(48-26-9-5-22-44(48)60)54-37-41-38-55(68-66(52-30-14-17-33-58(52)71-68)62(41)65-51-29-13-16-32-57(51)70-67(54)65)64-49-27-10-6-23-45(49)61(46-24-7-11-28-50(46)64)40-34-35-59-53(36-40)42-20-12-15-31-56(42)69-59/h1-38H. The second-order valence-corrected chi connectivity index (χ2v) is 18.9. The van der Waals surface area contributed by atoms with Gasteiger partial charge in [0, 0.05) is 60.0 Å².